The van der Waals surface area contributed by atoms with Gasteiger partial charge in [-0.15, -0.1) is 0 Å². The maximum Gasteiger partial charge on any atom is 0.354 e. The predicted octanol–water partition coefficient (Wildman–Crippen LogP) is 5.78. The number of pyridine rings is 1. The molecular formula is C30H27F2N5O3S2. The number of nitrogens with zero attached hydrogens (tertiary/aromatic N) is 5. The second-order valence-corrected chi connectivity index (χ2v) is 12.9. The molecule has 2 aliphatic rings. The number of aromatic nitrogens is 3. The highest BCUT2D eigenvalue weighted by atomic mass is 33.1. The molecule has 0 saturated carbocycles. The SMILES string of the molecule is C=CC(=O)N1CCN2c3nc(=O)n(-c4c(C)ccnc4C(C)C)c4cc(-c5c(O)cccc5F)c(F)c(c34)SSC2C1. The van der Waals surface area contributed by atoms with E-state index in [9.17, 15) is 14.7 Å². The number of fused-ring (bicyclic) bond motifs is 2. The Morgan fingerprint density at radius 3 is 2.74 bits per heavy atom. The van der Waals surface area contributed by atoms with E-state index in [-0.39, 0.29) is 33.2 Å². The fraction of sp³-hybridized carbons (Fsp3) is 0.267. The molecule has 1 atom stereocenters. The van der Waals surface area contributed by atoms with Crippen LogP contribution in [0.3, 0.4) is 0 Å². The quantitative estimate of drug-likeness (QED) is 0.231. The molecule has 12 heteroatoms. The van der Waals surface area contributed by atoms with E-state index in [4.69, 9.17) is 0 Å². The van der Waals surface area contributed by atoms with Gasteiger partial charge in [0.05, 0.1) is 39.3 Å². The standard InChI is InChI=1S/C30H27F2N5O3S2/c1-5-21(39)35-11-12-36-22(14-35)41-42-28-24-19(13-17(25(28)32)23-18(31)7-6-8-20(23)38)37(30(40)34-29(24)36)27-16(4)9-10-33-26(27)15(2)3/h5-10,13,15,22,38H,1,11-12,14H2,2-4H3. The molecule has 1 saturated heterocycles. The van der Waals surface area contributed by atoms with Crippen LogP contribution >= 0.6 is 21.6 Å². The number of phenols is 1. The van der Waals surface area contributed by atoms with Crippen molar-refractivity contribution < 1.29 is 18.7 Å². The van der Waals surface area contributed by atoms with Gasteiger partial charge in [0.2, 0.25) is 5.91 Å². The minimum absolute atomic E-state index is 0.0583. The first-order chi connectivity index (χ1) is 20.1. The second-order valence-electron chi connectivity index (χ2n) is 10.5. The van der Waals surface area contributed by atoms with Gasteiger partial charge in [0.25, 0.3) is 0 Å². The first-order valence-electron chi connectivity index (χ1n) is 13.4. The Bertz CT molecular complexity index is 1820. The summed E-state index contributed by atoms with van der Waals surface area (Å²) in [5.74, 6) is -1.94. The molecule has 6 rings (SSSR count). The highest BCUT2D eigenvalue weighted by Crippen LogP contribution is 2.51. The molecule has 1 fully saturated rings. The summed E-state index contributed by atoms with van der Waals surface area (Å²) in [5.41, 5.74) is 1.18. The highest BCUT2D eigenvalue weighted by molar-refractivity contribution is 8.77. The number of halogens is 2. The zero-order chi connectivity index (χ0) is 29.9. The van der Waals surface area contributed by atoms with E-state index in [1.165, 1.54) is 39.6 Å². The van der Waals surface area contributed by atoms with Gasteiger partial charge >= 0.3 is 5.69 Å². The van der Waals surface area contributed by atoms with E-state index in [2.05, 4.69) is 16.5 Å². The summed E-state index contributed by atoms with van der Waals surface area (Å²) in [4.78, 5) is 39.3. The molecule has 42 heavy (non-hydrogen) atoms. The Balaban J connectivity index is 1.71. The number of carbonyl (C=O) groups is 1. The number of hydrogen-bond donors (Lipinski definition) is 1. The first kappa shape index (κ1) is 28.2. The van der Waals surface area contributed by atoms with Crippen LogP contribution in [-0.2, 0) is 4.79 Å². The fourth-order valence-electron chi connectivity index (χ4n) is 5.57. The predicted molar refractivity (Wildman–Crippen MR) is 162 cm³/mol. The van der Waals surface area contributed by atoms with Gasteiger partial charge in [-0.25, -0.2) is 13.6 Å². The van der Waals surface area contributed by atoms with E-state index in [1.807, 2.05) is 25.7 Å². The number of rotatable bonds is 4. The van der Waals surface area contributed by atoms with Crippen LogP contribution < -0.4 is 10.6 Å². The number of amides is 1. The number of piperazine rings is 1. The number of carbonyl (C=O) groups excluding carboxylic acids is 1. The zero-order valence-electron chi connectivity index (χ0n) is 23.1. The molecule has 0 spiro atoms. The lowest BCUT2D eigenvalue weighted by Crippen LogP contribution is -2.53. The van der Waals surface area contributed by atoms with Crippen molar-refractivity contribution in [2.45, 2.75) is 37.0 Å². The van der Waals surface area contributed by atoms with Crippen molar-refractivity contribution in [3.63, 3.8) is 0 Å². The molecule has 1 unspecified atom stereocenters. The molecule has 2 aromatic heterocycles. The molecule has 2 aliphatic heterocycles. The summed E-state index contributed by atoms with van der Waals surface area (Å²) in [6.07, 6.45) is 2.93. The molecule has 1 N–H and O–H groups in total. The molecule has 0 radical (unpaired) electrons. The van der Waals surface area contributed by atoms with Gasteiger partial charge in [-0.05, 0) is 48.7 Å². The van der Waals surface area contributed by atoms with Gasteiger partial charge in [0.1, 0.15) is 28.6 Å². The number of aromatic hydroxyl groups is 1. The Labute approximate surface area is 248 Å². The minimum Gasteiger partial charge on any atom is -0.507 e. The van der Waals surface area contributed by atoms with Crippen molar-refractivity contribution in [2.24, 2.45) is 0 Å². The van der Waals surface area contributed by atoms with E-state index in [0.717, 1.165) is 22.4 Å². The molecule has 0 bridgehead atoms. The van der Waals surface area contributed by atoms with Gasteiger partial charge in [0, 0.05) is 24.8 Å². The number of benzene rings is 2. The van der Waals surface area contributed by atoms with Crippen LogP contribution in [0, 0.1) is 18.6 Å². The van der Waals surface area contributed by atoms with Gasteiger partial charge in [-0.1, -0.05) is 48.1 Å². The summed E-state index contributed by atoms with van der Waals surface area (Å²) in [6, 6.07) is 6.98. The molecule has 216 valence electrons. The van der Waals surface area contributed by atoms with E-state index < -0.39 is 23.1 Å². The number of hydrogen-bond acceptors (Lipinski definition) is 8. The average Bonchev–Trinajstić information content (AvgIpc) is 3.12. The van der Waals surface area contributed by atoms with Crippen LogP contribution in [0.15, 0.2) is 58.9 Å². The summed E-state index contributed by atoms with van der Waals surface area (Å²) >= 11 is 0. The molecule has 4 aromatic rings. The van der Waals surface area contributed by atoms with Crippen LogP contribution in [-0.4, -0.2) is 55.5 Å². The number of aryl methyl sites for hydroxylation is 1. The van der Waals surface area contributed by atoms with Gasteiger partial charge < -0.3 is 14.9 Å². The Hall–Kier alpha value is -3.90. The Morgan fingerprint density at radius 2 is 2.02 bits per heavy atom. The largest absolute Gasteiger partial charge is 0.507 e. The zero-order valence-corrected chi connectivity index (χ0v) is 24.7. The maximum absolute atomic E-state index is 16.6. The van der Waals surface area contributed by atoms with Crippen molar-refractivity contribution in [3.05, 3.63) is 82.6 Å². The lowest BCUT2D eigenvalue weighted by Gasteiger charge is -2.40. The Kier molecular flexibility index (Phi) is 7.22. The molecule has 0 aliphatic carbocycles. The second kappa shape index (κ2) is 10.7. The molecule has 8 nitrogen and oxygen atoms in total. The third kappa shape index (κ3) is 4.44. The molecular weight excluding hydrogens is 580 g/mol. The van der Waals surface area contributed by atoms with Crippen LogP contribution in [0.1, 0.15) is 31.0 Å². The summed E-state index contributed by atoms with van der Waals surface area (Å²) < 4.78 is 33.2. The highest BCUT2D eigenvalue weighted by Gasteiger charge is 2.37. The number of phenolic OH excluding ortho intramolecular Hbond substituents is 1. The van der Waals surface area contributed by atoms with Gasteiger partial charge in [-0.3, -0.25) is 14.3 Å². The topological polar surface area (TPSA) is 91.6 Å². The van der Waals surface area contributed by atoms with E-state index in [0.29, 0.717) is 47.7 Å². The molecule has 4 heterocycles. The van der Waals surface area contributed by atoms with E-state index in [1.54, 1.807) is 17.2 Å². The smallest absolute Gasteiger partial charge is 0.354 e. The van der Waals surface area contributed by atoms with Crippen molar-refractivity contribution in [2.75, 3.05) is 24.5 Å². The van der Waals surface area contributed by atoms with Crippen LogP contribution in [0.5, 0.6) is 5.75 Å². The van der Waals surface area contributed by atoms with Crippen molar-refractivity contribution in [3.8, 4) is 22.6 Å². The number of anilines is 1. The molecule has 1 amide bonds. The fourth-order valence-corrected chi connectivity index (χ4v) is 8.37. The summed E-state index contributed by atoms with van der Waals surface area (Å²) in [7, 11) is 2.47. The summed E-state index contributed by atoms with van der Waals surface area (Å²) in [6.45, 7) is 10.4. The third-order valence-electron chi connectivity index (χ3n) is 7.58. The molecule has 2 aromatic carbocycles. The lowest BCUT2D eigenvalue weighted by molar-refractivity contribution is -0.126. The first-order valence-corrected chi connectivity index (χ1v) is 15.6. The van der Waals surface area contributed by atoms with Crippen LogP contribution in [0.2, 0.25) is 0 Å². The Morgan fingerprint density at radius 1 is 1.24 bits per heavy atom. The third-order valence-corrected chi connectivity index (χ3v) is 10.3. The summed E-state index contributed by atoms with van der Waals surface area (Å²) in [5, 5.41) is 10.7. The van der Waals surface area contributed by atoms with Gasteiger partial charge in [0.15, 0.2) is 0 Å². The van der Waals surface area contributed by atoms with Crippen molar-refractivity contribution in [1.29, 1.82) is 0 Å². The average molecular weight is 608 g/mol. The normalized spacial score (nSPS) is 16.5. The van der Waals surface area contributed by atoms with Crippen LogP contribution in [0.25, 0.3) is 27.7 Å². The van der Waals surface area contributed by atoms with Crippen molar-refractivity contribution >= 4 is 44.2 Å². The minimum atomic E-state index is -0.800. The van der Waals surface area contributed by atoms with Crippen molar-refractivity contribution in [1.82, 2.24) is 19.4 Å². The van der Waals surface area contributed by atoms with Gasteiger partial charge in [-0.2, -0.15) is 4.98 Å². The monoisotopic (exact) mass is 607 g/mol. The van der Waals surface area contributed by atoms with Crippen LogP contribution in [0.4, 0.5) is 14.6 Å². The lowest BCUT2D eigenvalue weighted by atomic mass is 9.99. The maximum atomic E-state index is 16.6. The van der Waals surface area contributed by atoms with E-state index >= 15 is 8.78 Å².